The summed E-state index contributed by atoms with van der Waals surface area (Å²) in [6.07, 6.45) is 3.11. The van der Waals surface area contributed by atoms with Crippen molar-refractivity contribution in [3.05, 3.63) is 98.8 Å². The summed E-state index contributed by atoms with van der Waals surface area (Å²) in [5, 5.41) is 1.04. The maximum atomic E-state index is 12.8. The molecule has 0 bridgehead atoms. The van der Waals surface area contributed by atoms with E-state index in [-0.39, 0.29) is 17.1 Å². The molecule has 0 unspecified atom stereocenters. The molecule has 0 saturated carbocycles. The molecule has 0 aliphatic carbocycles. The molecular weight excluding hydrogens is 711 g/mol. The number of anilines is 2. The van der Waals surface area contributed by atoms with Crippen LogP contribution in [0.5, 0.6) is 11.5 Å². The van der Waals surface area contributed by atoms with Gasteiger partial charge in [0, 0.05) is 76.4 Å². The maximum Gasteiger partial charge on any atom is 0.347 e. The molecule has 2 saturated heterocycles. The number of hydrogen-bond acceptors (Lipinski definition) is 13. The standard InChI is InChI=1S/C22H25N3O3.C21H24N4O3/c1-4-15-13-16(27-3)14-18-20(15)22(26)28-21(23-18)17-7-5-6-8-19(17)25-11-9-24(2)10-12-25;1-4-14-11-16(27-3)12-17-19(14)21(26)28-20(23-17)15-5-6-18(22-13-15)25-9-7-24(2)8-10-25/h5-8,13-14H,4,9-12H2,1-3H3;5-6,11-13H,4,7-10H2,1-3H3. The van der Waals surface area contributed by atoms with Gasteiger partial charge in [-0.05, 0) is 74.5 Å². The van der Waals surface area contributed by atoms with Crippen LogP contribution in [0.2, 0.25) is 0 Å². The summed E-state index contributed by atoms with van der Waals surface area (Å²) in [6.45, 7) is 11.8. The first kappa shape index (κ1) is 38.5. The summed E-state index contributed by atoms with van der Waals surface area (Å²) in [5.74, 6) is 2.92. The summed E-state index contributed by atoms with van der Waals surface area (Å²) >= 11 is 0. The summed E-state index contributed by atoms with van der Waals surface area (Å²) in [5.41, 5.74) is 4.76. The fourth-order valence-corrected chi connectivity index (χ4v) is 7.25. The Morgan fingerprint density at radius 2 is 1.16 bits per heavy atom. The van der Waals surface area contributed by atoms with Gasteiger partial charge in [0.15, 0.2) is 0 Å². The molecule has 292 valence electrons. The number of fused-ring (bicyclic) bond motifs is 2. The second-order valence-corrected chi connectivity index (χ2v) is 14.2. The number of para-hydroxylation sites is 1. The van der Waals surface area contributed by atoms with Crippen molar-refractivity contribution < 1.29 is 18.3 Å². The van der Waals surface area contributed by atoms with Gasteiger partial charge in [0.2, 0.25) is 11.8 Å². The first-order valence-electron chi connectivity index (χ1n) is 19.2. The zero-order valence-electron chi connectivity index (χ0n) is 33.0. The topological polar surface area (TPSA) is 131 Å². The van der Waals surface area contributed by atoms with Gasteiger partial charge in [-0.15, -0.1) is 0 Å². The number of rotatable bonds is 8. The zero-order valence-corrected chi connectivity index (χ0v) is 33.0. The SMILES string of the molecule is CCc1cc(OC)cc2nc(-c3ccc(N4CCN(C)CC4)nc3)oc(=O)c12.CCc1cc(OC)cc2nc(-c3ccccc3N3CCN(C)CC3)oc(=O)c12. The van der Waals surface area contributed by atoms with Gasteiger partial charge in [0.1, 0.15) is 17.3 Å². The Kier molecular flexibility index (Phi) is 11.6. The monoisotopic (exact) mass is 759 g/mol. The maximum absolute atomic E-state index is 12.8. The van der Waals surface area contributed by atoms with Gasteiger partial charge < -0.3 is 37.9 Å². The third-order valence-electron chi connectivity index (χ3n) is 10.6. The number of ether oxygens (including phenoxy) is 2. The molecule has 3 aromatic carbocycles. The number of pyridine rings is 1. The van der Waals surface area contributed by atoms with Crippen LogP contribution < -0.4 is 30.5 Å². The Balaban J connectivity index is 0.000000172. The highest BCUT2D eigenvalue weighted by Gasteiger charge is 2.21. The summed E-state index contributed by atoms with van der Waals surface area (Å²) < 4.78 is 22.0. The zero-order chi connectivity index (χ0) is 39.3. The second-order valence-electron chi connectivity index (χ2n) is 14.2. The van der Waals surface area contributed by atoms with E-state index in [9.17, 15) is 9.59 Å². The highest BCUT2D eigenvalue weighted by molar-refractivity contribution is 5.85. The number of hydrogen-bond donors (Lipinski definition) is 0. The Hall–Kier alpha value is -5.79. The average Bonchev–Trinajstić information content (AvgIpc) is 3.23. The lowest BCUT2D eigenvalue weighted by Gasteiger charge is -2.34. The minimum absolute atomic E-state index is 0.269. The molecule has 3 aromatic heterocycles. The molecule has 0 atom stereocenters. The largest absolute Gasteiger partial charge is 0.497 e. The third-order valence-corrected chi connectivity index (χ3v) is 10.6. The van der Waals surface area contributed by atoms with Crippen LogP contribution in [0.3, 0.4) is 0 Å². The third kappa shape index (κ3) is 8.10. The lowest BCUT2D eigenvalue weighted by atomic mass is 10.1. The van der Waals surface area contributed by atoms with E-state index in [4.69, 9.17) is 23.3 Å². The van der Waals surface area contributed by atoms with Crippen LogP contribution >= 0.6 is 0 Å². The predicted octanol–water partition coefficient (Wildman–Crippen LogP) is 5.75. The van der Waals surface area contributed by atoms with E-state index < -0.39 is 0 Å². The van der Waals surface area contributed by atoms with Gasteiger partial charge in [-0.25, -0.2) is 24.5 Å². The minimum Gasteiger partial charge on any atom is -0.497 e. The normalized spacial score (nSPS) is 15.2. The van der Waals surface area contributed by atoms with Crippen LogP contribution in [-0.2, 0) is 12.8 Å². The van der Waals surface area contributed by atoms with Gasteiger partial charge in [0.05, 0.1) is 47.2 Å². The Morgan fingerprint density at radius 1 is 0.643 bits per heavy atom. The van der Waals surface area contributed by atoms with Crippen molar-refractivity contribution in [3.8, 4) is 34.4 Å². The van der Waals surface area contributed by atoms with E-state index in [2.05, 4.69) is 49.7 Å². The first-order chi connectivity index (χ1) is 27.2. The van der Waals surface area contributed by atoms with E-state index in [1.807, 2.05) is 56.3 Å². The Morgan fingerprint density at radius 3 is 1.68 bits per heavy atom. The summed E-state index contributed by atoms with van der Waals surface area (Å²) in [7, 11) is 7.48. The summed E-state index contributed by atoms with van der Waals surface area (Å²) in [6, 6.07) is 19.1. The van der Waals surface area contributed by atoms with Gasteiger partial charge in [-0.2, -0.15) is 0 Å². The molecule has 56 heavy (non-hydrogen) atoms. The number of likely N-dealkylation sites (N-methyl/N-ethyl adjacent to an activating group) is 2. The van der Waals surface area contributed by atoms with Gasteiger partial charge in [-0.1, -0.05) is 26.0 Å². The number of benzene rings is 3. The molecule has 0 N–H and O–H groups in total. The van der Waals surface area contributed by atoms with Crippen LogP contribution in [0.15, 0.2) is 85.3 Å². The molecule has 0 spiro atoms. The Bertz CT molecular complexity index is 2430. The number of aryl methyl sites for hydroxylation is 2. The van der Waals surface area contributed by atoms with Crippen molar-refractivity contribution >= 4 is 33.3 Å². The lowest BCUT2D eigenvalue weighted by Crippen LogP contribution is -2.44. The first-order valence-corrected chi connectivity index (χ1v) is 19.2. The fraction of sp³-hybridized carbons (Fsp3) is 0.372. The minimum atomic E-state index is -0.386. The van der Waals surface area contributed by atoms with Crippen molar-refractivity contribution in [2.45, 2.75) is 26.7 Å². The van der Waals surface area contributed by atoms with Crippen molar-refractivity contribution in [2.24, 2.45) is 0 Å². The van der Waals surface area contributed by atoms with E-state index in [1.54, 1.807) is 32.5 Å². The number of aromatic nitrogens is 3. The van der Waals surface area contributed by atoms with Gasteiger partial charge >= 0.3 is 11.3 Å². The van der Waals surface area contributed by atoms with Crippen LogP contribution in [0, 0.1) is 0 Å². The number of methoxy groups -OCH3 is 2. The molecule has 0 radical (unpaired) electrons. The van der Waals surface area contributed by atoms with E-state index in [1.165, 1.54) is 0 Å². The van der Waals surface area contributed by atoms with Crippen LogP contribution in [0.4, 0.5) is 11.5 Å². The second kappa shape index (κ2) is 16.9. The smallest absolute Gasteiger partial charge is 0.347 e. The summed E-state index contributed by atoms with van der Waals surface area (Å²) in [4.78, 5) is 48.5. The molecular formula is C43H49N7O6. The lowest BCUT2D eigenvalue weighted by molar-refractivity contribution is 0.312. The van der Waals surface area contributed by atoms with Gasteiger partial charge in [-0.3, -0.25) is 0 Å². The van der Waals surface area contributed by atoms with Crippen LogP contribution in [-0.4, -0.2) is 105 Å². The molecule has 2 aliphatic heterocycles. The molecule has 8 rings (SSSR count). The number of nitrogens with zero attached hydrogens (tertiary/aromatic N) is 7. The average molecular weight is 760 g/mol. The molecule has 13 heteroatoms. The van der Waals surface area contributed by atoms with Crippen molar-refractivity contribution in [3.63, 3.8) is 0 Å². The quantitative estimate of drug-likeness (QED) is 0.187. The predicted molar refractivity (Wildman–Crippen MR) is 221 cm³/mol. The van der Waals surface area contributed by atoms with Crippen molar-refractivity contribution in [2.75, 3.05) is 90.5 Å². The molecule has 13 nitrogen and oxygen atoms in total. The van der Waals surface area contributed by atoms with Crippen molar-refractivity contribution in [1.29, 1.82) is 0 Å². The molecule has 0 amide bonds. The molecule has 2 fully saturated rings. The number of piperazine rings is 2. The van der Waals surface area contributed by atoms with E-state index >= 15 is 0 Å². The fourth-order valence-electron chi connectivity index (χ4n) is 7.25. The van der Waals surface area contributed by atoms with Gasteiger partial charge in [0.25, 0.3) is 0 Å². The molecule has 2 aliphatic rings. The van der Waals surface area contributed by atoms with E-state index in [0.717, 1.165) is 80.6 Å². The van der Waals surface area contributed by atoms with Crippen LogP contribution in [0.1, 0.15) is 25.0 Å². The van der Waals surface area contributed by atoms with Crippen LogP contribution in [0.25, 0.3) is 44.7 Å². The molecule has 5 heterocycles. The van der Waals surface area contributed by atoms with Crippen molar-refractivity contribution in [1.82, 2.24) is 24.8 Å². The highest BCUT2D eigenvalue weighted by atomic mass is 16.5. The highest BCUT2D eigenvalue weighted by Crippen LogP contribution is 2.32. The molecule has 6 aromatic rings. The Labute approximate surface area is 326 Å². The van der Waals surface area contributed by atoms with E-state index in [0.29, 0.717) is 57.6 Å².